The van der Waals surface area contributed by atoms with Crippen molar-refractivity contribution < 1.29 is 13.2 Å². The highest BCUT2D eigenvalue weighted by molar-refractivity contribution is 7.90. The van der Waals surface area contributed by atoms with Gasteiger partial charge in [0.1, 0.15) is 10.7 Å². The van der Waals surface area contributed by atoms with Crippen molar-refractivity contribution in [2.45, 2.75) is 31.6 Å². The lowest BCUT2D eigenvalue weighted by atomic mass is 10.0. The van der Waals surface area contributed by atoms with Gasteiger partial charge >= 0.3 is 0 Å². The number of fused-ring (bicyclic) bond motifs is 1. The molecule has 1 unspecified atom stereocenters. The third-order valence-electron chi connectivity index (χ3n) is 4.05. The number of aryl methyl sites for hydroxylation is 1. The number of para-hydroxylation sites is 1. The first-order valence-electron chi connectivity index (χ1n) is 8.40. The van der Waals surface area contributed by atoms with E-state index in [2.05, 4.69) is 15.0 Å². The SMILES string of the molecule is Cc1cccc(NC(=O)CC(C)CC2=NS(=O)(=O)c3ccccc3N2)c1. The van der Waals surface area contributed by atoms with Crippen LogP contribution in [0.5, 0.6) is 0 Å². The van der Waals surface area contributed by atoms with Gasteiger partial charge in [-0.3, -0.25) is 4.79 Å². The topological polar surface area (TPSA) is 87.6 Å². The standard InChI is InChI=1S/C19H21N3O3S/c1-13-6-5-7-15(10-13)20-19(23)12-14(2)11-18-21-16-8-3-4-9-17(16)26(24,25)22-18/h3-10,14H,11-12H2,1-2H3,(H,20,23)(H,21,22). The summed E-state index contributed by atoms with van der Waals surface area (Å²) in [5.41, 5.74) is 2.35. The minimum absolute atomic E-state index is 0.0634. The van der Waals surface area contributed by atoms with Crippen LogP contribution in [0.2, 0.25) is 0 Å². The third kappa shape index (κ3) is 4.29. The molecule has 1 atom stereocenters. The molecule has 0 saturated carbocycles. The molecule has 1 aliphatic rings. The Labute approximate surface area is 153 Å². The van der Waals surface area contributed by atoms with E-state index < -0.39 is 10.0 Å². The number of amidine groups is 1. The van der Waals surface area contributed by atoms with Crippen molar-refractivity contribution in [3.05, 3.63) is 54.1 Å². The van der Waals surface area contributed by atoms with Crippen LogP contribution in [-0.2, 0) is 14.8 Å². The molecular weight excluding hydrogens is 350 g/mol. The molecule has 0 bridgehead atoms. The summed E-state index contributed by atoms with van der Waals surface area (Å²) in [7, 11) is -3.69. The fraction of sp³-hybridized carbons (Fsp3) is 0.263. The summed E-state index contributed by atoms with van der Waals surface area (Å²) >= 11 is 0. The zero-order chi connectivity index (χ0) is 18.7. The number of sulfonamides is 1. The second-order valence-corrected chi connectivity index (χ2v) is 8.14. The fourth-order valence-corrected chi connectivity index (χ4v) is 4.07. The molecule has 6 nitrogen and oxygen atoms in total. The average molecular weight is 371 g/mol. The van der Waals surface area contributed by atoms with Crippen molar-refractivity contribution in [2.75, 3.05) is 10.6 Å². The maximum atomic E-state index is 12.3. The highest BCUT2D eigenvalue weighted by atomic mass is 32.2. The number of carbonyl (C=O) groups is 1. The summed E-state index contributed by atoms with van der Waals surface area (Å²) < 4.78 is 28.4. The van der Waals surface area contributed by atoms with E-state index in [1.165, 1.54) is 6.07 Å². The van der Waals surface area contributed by atoms with Crippen LogP contribution in [0.1, 0.15) is 25.3 Å². The molecular formula is C19H21N3O3S. The quantitative estimate of drug-likeness (QED) is 0.841. The molecule has 0 spiro atoms. The Hall–Kier alpha value is -2.67. The summed E-state index contributed by atoms with van der Waals surface area (Å²) in [5, 5.41) is 5.92. The average Bonchev–Trinajstić information content (AvgIpc) is 2.53. The van der Waals surface area contributed by atoms with Crippen LogP contribution in [0.3, 0.4) is 0 Å². The lowest BCUT2D eigenvalue weighted by Gasteiger charge is -2.20. The van der Waals surface area contributed by atoms with Gasteiger partial charge in [-0.2, -0.15) is 8.42 Å². The molecule has 26 heavy (non-hydrogen) atoms. The Balaban J connectivity index is 1.63. The van der Waals surface area contributed by atoms with Crippen molar-refractivity contribution in [3.8, 4) is 0 Å². The molecule has 1 heterocycles. The largest absolute Gasteiger partial charge is 0.342 e. The van der Waals surface area contributed by atoms with Crippen molar-refractivity contribution in [1.29, 1.82) is 0 Å². The van der Waals surface area contributed by atoms with Crippen LogP contribution in [0.4, 0.5) is 11.4 Å². The molecule has 2 N–H and O–H groups in total. The molecule has 7 heteroatoms. The van der Waals surface area contributed by atoms with Gasteiger partial charge in [-0.25, -0.2) is 0 Å². The molecule has 1 aliphatic heterocycles. The van der Waals surface area contributed by atoms with E-state index in [4.69, 9.17) is 0 Å². The summed E-state index contributed by atoms with van der Waals surface area (Å²) in [6.45, 7) is 3.86. The van der Waals surface area contributed by atoms with Gasteiger partial charge < -0.3 is 10.6 Å². The van der Waals surface area contributed by atoms with E-state index in [9.17, 15) is 13.2 Å². The number of anilines is 2. The van der Waals surface area contributed by atoms with E-state index in [0.29, 0.717) is 17.9 Å². The zero-order valence-corrected chi connectivity index (χ0v) is 15.5. The van der Waals surface area contributed by atoms with E-state index in [0.717, 1.165) is 11.3 Å². The van der Waals surface area contributed by atoms with Gasteiger partial charge in [-0.05, 0) is 42.7 Å². The molecule has 2 aromatic carbocycles. The van der Waals surface area contributed by atoms with Gasteiger partial charge in [0, 0.05) is 18.5 Å². The summed E-state index contributed by atoms with van der Waals surface area (Å²) in [6.07, 6.45) is 0.644. The molecule has 0 fully saturated rings. The van der Waals surface area contributed by atoms with Crippen LogP contribution < -0.4 is 10.6 Å². The molecule has 0 saturated heterocycles. The maximum absolute atomic E-state index is 12.3. The maximum Gasteiger partial charge on any atom is 0.286 e. The van der Waals surface area contributed by atoms with Crippen LogP contribution in [0, 0.1) is 12.8 Å². The van der Waals surface area contributed by atoms with Gasteiger partial charge in [-0.15, -0.1) is 4.40 Å². The first-order valence-corrected chi connectivity index (χ1v) is 9.84. The van der Waals surface area contributed by atoms with Gasteiger partial charge in [-0.1, -0.05) is 31.2 Å². The number of nitrogens with one attached hydrogen (secondary N) is 2. The van der Waals surface area contributed by atoms with Crippen molar-refractivity contribution >= 4 is 33.1 Å². The van der Waals surface area contributed by atoms with E-state index in [1.54, 1.807) is 18.2 Å². The Morgan fingerprint density at radius 1 is 1.19 bits per heavy atom. The number of hydrogen-bond acceptors (Lipinski definition) is 4. The van der Waals surface area contributed by atoms with Crippen molar-refractivity contribution in [2.24, 2.45) is 10.3 Å². The molecule has 1 amide bonds. The van der Waals surface area contributed by atoms with E-state index in [-0.39, 0.29) is 23.1 Å². The minimum Gasteiger partial charge on any atom is -0.342 e. The van der Waals surface area contributed by atoms with Gasteiger partial charge in [0.25, 0.3) is 10.0 Å². The first kappa shape index (κ1) is 18.1. The summed E-state index contributed by atoms with van der Waals surface area (Å²) in [5.74, 6) is 0.189. The molecule has 2 aromatic rings. The van der Waals surface area contributed by atoms with Gasteiger partial charge in [0.05, 0.1) is 5.69 Å². The fourth-order valence-electron chi connectivity index (χ4n) is 2.91. The highest BCUT2D eigenvalue weighted by Gasteiger charge is 2.25. The Morgan fingerprint density at radius 3 is 2.73 bits per heavy atom. The molecule has 136 valence electrons. The Morgan fingerprint density at radius 2 is 1.96 bits per heavy atom. The summed E-state index contributed by atoms with van der Waals surface area (Å²) in [4.78, 5) is 12.4. The molecule has 0 aromatic heterocycles. The van der Waals surface area contributed by atoms with Gasteiger partial charge in [0.2, 0.25) is 5.91 Å². The predicted octanol–water partition coefficient (Wildman–Crippen LogP) is 3.56. The smallest absolute Gasteiger partial charge is 0.286 e. The number of rotatable bonds is 5. The Bertz CT molecular complexity index is 967. The molecule has 3 rings (SSSR count). The normalized spacial score (nSPS) is 16.0. The number of benzene rings is 2. The Kier molecular flexibility index (Phi) is 5.08. The minimum atomic E-state index is -3.69. The highest BCUT2D eigenvalue weighted by Crippen LogP contribution is 2.28. The van der Waals surface area contributed by atoms with E-state index >= 15 is 0 Å². The van der Waals surface area contributed by atoms with Crippen LogP contribution in [0.25, 0.3) is 0 Å². The zero-order valence-electron chi connectivity index (χ0n) is 14.7. The molecule has 0 aliphatic carbocycles. The summed E-state index contributed by atoms with van der Waals surface area (Å²) in [6, 6.07) is 14.2. The second-order valence-electron chi connectivity index (χ2n) is 6.57. The van der Waals surface area contributed by atoms with Crippen molar-refractivity contribution in [3.63, 3.8) is 0 Å². The van der Waals surface area contributed by atoms with Gasteiger partial charge in [0.15, 0.2) is 0 Å². The van der Waals surface area contributed by atoms with Crippen molar-refractivity contribution in [1.82, 2.24) is 0 Å². The molecule has 0 radical (unpaired) electrons. The number of amides is 1. The monoisotopic (exact) mass is 371 g/mol. The van der Waals surface area contributed by atoms with Crippen LogP contribution in [-0.4, -0.2) is 20.2 Å². The van der Waals surface area contributed by atoms with Crippen LogP contribution in [0.15, 0.2) is 57.8 Å². The van der Waals surface area contributed by atoms with Crippen LogP contribution >= 0.6 is 0 Å². The lowest BCUT2D eigenvalue weighted by Crippen LogP contribution is -2.25. The first-order chi connectivity index (χ1) is 12.3. The number of nitrogens with zero attached hydrogens (tertiary/aromatic N) is 1. The third-order valence-corrected chi connectivity index (χ3v) is 5.42. The van der Waals surface area contributed by atoms with E-state index in [1.807, 2.05) is 38.1 Å². The lowest BCUT2D eigenvalue weighted by molar-refractivity contribution is -0.116. The predicted molar refractivity (Wildman–Crippen MR) is 103 cm³/mol. The number of hydrogen-bond donors (Lipinski definition) is 2. The number of carbonyl (C=O) groups excluding carboxylic acids is 1. The second kappa shape index (κ2) is 7.29.